The van der Waals surface area contributed by atoms with Crippen molar-refractivity contribution >= 4 is 21.8 Å². The summed E-state index contributed by atoms with van der Waals surface area (Å²) in [6.07, 6.45) is 3.10. The van der Waals surface area contributed by atoms with Crippen molar-refractivity contribution < 1.29 is 9.18 Å². The molecule has 0 saturated carbocycles. The number of carbonyl (C=O) groups excluding carboxylic acids is 1. The van der Waals surface area contributed by atoms with E-state index in [1.54, 1.807) is 0 Å². The smallest absolute Gasteiger partial charge is 0.254 e. The Labute approximate surface area is 127 Å². The van der Waals surface area contributed by atoms with Gasteiger partial charge in [-0.15, -0.1) is 0 Å². The van der Waals surface area contributed by atoms with Crippen molar-refractivity contribution in [1.82, 2.24) is 4.90 Å². The lowest BCUT2D eigenvalue weighted by Gasteiger charge is -2.39. The summed E-state index contributed by atoms with van der Waals surface area (Å²) in [6.45, 7) is 3.38. The van der Waals surface area contributed by atoms with E-state index in [1.165, 1.54) is 18.2 Å². The molecule has 2 rings (SSSR count). The summed E-state index contributed by atoms with van der Waals surface area (Å²) in [5.74, 6) is 0.227. The molecule has 1 aliphatic heterocycles. The topological polar surface area (TPSA) is 46.3 Å². The van der Waals surface area contributed by atoms with Crippen LogP contribution in [0.5, 0.6) is 0 Å². The zero-order valence-electron chi connectivity index (χ0n) is 11.6. The molecule has 0 radical (unpaired) electrons. The number of nitrogens with zero attached hydrogens (tertiary/aromatic N) is 1. The highest BCUT2D eigenvalue weighted by atomic mass is 79.9. The van der Waals surface area contributed by atoms with Crippen LogP contribution in [0.1, 0.15) is 36.5 Å². The monoisotopic (exact) mass is 342 g/mol. The number of amides is 1. The largest absolute Gasteiger partial charge is 0.334 e. The number of nitrogens with two attached hydrogens (primary N) is 1. The molecule has 0 aliphatic carbocycles. The Bertz CT molecular complexity index is 495. The fourth-order valence-corrected chi connectivity index (χ4v) is 3.17. The molecule has 3 nitrogen and oxygen atoms in total. The second-order valence-corrected chi connectivity index (χ2v) is 6.17. The van der Waals surface area contributed by atoms with Crippen LogP contribution >= 0.6 is 15.9 Å². The van der Waals surface area contributed by atoms with Gasteiger partial charge in [0.2, 0.25) is 0 Å². The van der Waals surface area contributed by atoms with E-state index in [4.69, 9.17) is 5.73 Å². The van der Waals surface area contributed by atoms with Crippen LogP contribution in [0.15, 0.2) is 22.7 Å². The van der Waals surface area contributed by atoms with E-state index in [2.05, 4.69) is 22.9 Å². The van der Waals surface area contributed by atoms with Gasteiger partial charge in [0.25, 0.3) is 5.91 Å². The average molecular weight is 343 g/mol. The third-order valence-electron chi connectivity index (χ3n) is 4.10. The fourth-order valence-electron chi connectivity index (χ4n) is 2.79. The normalized spacial score (nSPS) is 22.9. The number of hydrogen-bond donors (Lipinski definition) is 1. The van der Waals surface area contributed by atoms with Crippen LogP contribution < -0.4 is 5.73 Å². The molecule has 20 heavy (non-hydrogen) atoms. The summed E-state index contributed by atoms with van der Waals surface area (Å²) >= 11 is 3.12. The molecule has 0 bridgehead atoms. The van der Waals surface area contributed by atoms with E-state index >= 15 is 0 Å². The minimum atomic E-state index is -0.360. The number of carbonyl (C=O) groups is 1. The molecule has 1 aliphatic rings. The van der Waals surface area contributed by atoms with Gasteiger partial charge in [-0.25, -0.2) is 4.39 Å². The van der Waals surface area contributed by atoms with Gasteiger partial charge < -0.3 is 10.6 Å². The van der Waals surface area contributed by atoms with E-state index in [-0.39, 0.29) is 17.8 Å². The molecule has 1 aromatic carbocycles. The standard InChI is InChI=1S/C15H20BrFN2O/c1-2-10-5-6-19(12(7-10)9-18)15(20)11-3-4-14(17)13(16)8-11/h3-4,8,10,12H,2,5-7,9,18H2,1H3. The van der Waals surface area contributed by atoms with E-state index in [0.717, 1.165) is 25.8 Å². The highest BCUT2D eigenvalue weighted by molar-refractivity contribution is 9.10. The maximum atomic E-state index is 13.3. The van der Waals surface area contributed by atoms with Crippen molar-refractivity contribution in [3.05, 3.63) is 34.1 Å². The quantitative estimate of drug-likeness (QED) is 0.916. The molecule has 0 spiro atoms. The Kier molecular flexibility index (Phi) is 5.16. The second-order valence-electron chi connectivity index (χ2n) is 5.32. The van der Waals surface area contributed by atoms with Gasteiger partial charge in [-0.3, -0.25) is 4.79 Å². The van der Waals surface area contributed by atoms with Crippen molar-refractivity contribution in [3.63, 3.8) is 0 Å². The molecular weight excluding hydrogens is 323 g/mol. The number of rotatable bonds is 3. The van der Waals surface area contributed by atoms with Crippen molar-refractivity contribution in [2.75, 3.05) is 13.1 Å². The fraction of sp³-hybridized carbons (Fsp3) is 0.533. The summed E-state index contributed by atoms with van der Waals surface area (Å²) in [6, 6.07) is 4.47. The zero-order valence-corrected chi connectivity index (χ0v) is 13.2. The van der Waals surface area contributed by atoms with Crippen LogP contribution in [0.4, 0.5) is 4.39 Å². The third kappa shape index (κ3) is 3.20. The summed E-state index contributed by atoms with van der Waals surface area (Å²) in [7, 11) is 0. The lowest BCUT2D eigenvalue weighted by molar-refractivity contribution is 0.0558. The first-order valence-corrected chi connectivity index (χ1v) is 7.82. The minimum absolute atomic E-state index is 0.0595. The molecule has 1 heterocycles. The van der Waals surface area contributed by atoms with Crippen LogP contribution in [0.3, 0.4) is 0 Å². The van der Waals surface area contributed by atoms with Crippen molar-refractivity contribution in [3.8, 4) is 0 Å². The maximum Gasteiger partial charge on any atom is 0.254 e. The van der Waals surface area contributed by atoms with Gasteiger partial charge in [-0.1, -0.05) is 13.3 Å². The highest BCUT2D eigenvalue weighted by Crippen LogP contribution is 2.27. The molecule has 2 unspecified atom stereocenters. The van der Waals surface area contributed by atoms with Gasteiger partial charge in [0, 0.05) is 24.7 Å². The number of likely N-dealkylation sites (tertiary alicyclic amines) is 1. The molecule has 2 N–H and O–H groups in total. The van der Waals surface area contributed by atoms with Gasteiger partial charge >= 0.3 is 0 Å². The predicted octanol–water partition coefficient (Wildman–Crippen LogP) is 3.18. The second kappa shape index (κ2) is 6.68. The third-order valence-corrected chi connectivity index (χ3v) is 4.71. The van der Waals surface area contributed by atoms with E-state index in [9.17, 15) is 9.18 Å². The number of benzene rings is 1. The van der Waals surface area contributed by atoms with E-state index in [1.807, 2.05) is 4.90 Å². The molecule has 5 heteroatoms. The molecular formula is C15H20BrFN2O. The molecule has 1 aromatic rings. The summed E-state index contributed by atoms with van der Waals surface area (Å²) in [5, 5.41) is 0. The molecule has 0 aromatic heterocycles. The van der Waals surface area contributed by atoms with Crippen LogP contribution in [0.2, 0.25) is 0 Å². The van der Waals surface area contributed by atoms with Crippen LogP contribution in [-0.2, 0) is 0 Å². The molecule has 1 saturated heterocycles. The Morgan fingerprint density at radius 2 is 2.30 bits per heavy atom. The minimum Gasteiger partial charge on any atom is -0.334 e. The zero-order chi connectivity index (χ0) is 14.7. The Morgan fingerprint density at radius 1 is 1.55 bits per heavy atom. The first kappa shape index (κ1) is 15.4. The molecule has 1 fully saturated rings. The highest BCUT2D eigenvalue weighted by Gasteiger charge is 2.30. The van der Waals surface area contributed by atoms with E-state index < -0.39 is 0 Å². The predicted molar refractivity (Wildman–Crippen MR) is 81.0 cm³/mol. The first-order chi connectivity index (χ1) is 9.56. The van der Waals surface area contributed by atoms with Gasteiger partial charge in [0.15, 0.2) is 0 Å². The lowest BCUT2D eigenvalue weighted by Crippen LogP contribution is -2.49. The summed E-state index contributed by atoms with van der Waals surface area (Å²) in [4.78, 5) is 14.4. The Hall–Kier alpha value is -0.940. The van der Waals surface area contributed by atoms with Gasteiger partial charge in [-0.2, -0.15) is 0 Å². The molecule has 1 amide bonds. The lowest BCUT2D eigenvalue weighted by atomic mass is 9.88. The average Bonchev–Trinajstić information content (AvgIpc) is 2.48. The van der Waals surface area contributed by atoms with Crippen LogP contribution in [0, 0.1) is 11.7 Å². The van der Waals surface area contributed by atoms with Crippen molar-refractivity contribution in [1.29, 1.82) is 0 Å². The van der Waals surface area contributed by atoms with E-state index in [0.29, 0.717) is 22.5 Å². The molecule has 110 valence electrons. The Balaban J connectivity index is 2.17. The van der Waals surface area contributed by atoms with Gasteiger partial charge in [-0.05, 0) is 52.9 Å². The SMILES string of the molecule is CCC1CCN(C(=O)c2ccc(F)c(Br)c2)C(CN)C1. The number of halogens is 2. The summed E-state index contributed by atoms with van der Waals surface area (Å²) in [5.41, 5.74) is 6.32. The Morgan fingerprint density at radius 3 is 2.90 bits per heavy atom. The summed E-state index contributed by atoms with van der Waals surface area (Å²) < 4.78 is 13.6. The van der Waals surface area contributed by atoms with Crippen LogP contribution in [0.25, 0.3) is 0 Å². The van der Waals surface area contributed by atoms with Crippen molar-refractivity contribution in [2.24, 2.45) is 11.7 Å². The van der Waals surface area contributed by atoms with Gasteiger partial charge in [0.05, 0.1) is 4.47 Å². The van der Waals surface area contributed by atoms with Crippen LogP contribution in [-0.4, -0.2) is 29.9 Å². The number of hydrogen-bond acceptors (Lipinski definition) is 2. The number of piperidine rings is 1. The van der Waals surface area contributed by atoms with Crippen molar-refractivity contribution in [2.45, 2.75) is 32.2 Å². The maximum absolute atomic E-state index is 13.3. The first-order valence-electron chi connectivity index (χ1n) is 7.02. The molecule has 2 atom stereocenters. The van der Waals surface area contributed by atoms with Gasteiger partial charge in [0.1, 0.15) is 5.82 Å².